The summed E-state index contributed by atoms with van der Waals surface area (Å²) in [4.78, 5) is 178. The lowest BCUT2D eigenvalue weighted by Crippen LogP contribution is -2.28. The second-order valence-corrected chi connectivity index (χ2v) is 33.5. The molecule has 0 heterocycles. The largest absolute Gasteiger partial charge is 0.508 e. The molecule has 0 atom stereocenters. The number of halogens is 2. The van der Waals surface area contributed by atoms with Crippen LogP contribution in [-0.4, -0.2) is 215 Å². The normalized spacial score (nSPS) is 9.56. The van der Waals surface area contributed by atoms with Gasteiger partial charge in [0.15, 0.2) is 0 Å². The van der Waals surface area contributed by atoms with Crippen molar-refractivity contribution in [1.82, 2.24) is 31.9 Å². The Morgan fingerprint density at radius 1 is 0.377 bits per heavy atom. The molecule has 0 bridgehead atoms. The van der Waals surface area contributed by atoms with Crippen molar-refractivity contribution in [3.8, 4) is 23.0 Å². The van der Waals surface area contributed by atoms with Crippen LogP contribution in [0.4, 0.5) is 4.79 Å². The first-order valence-corrected chi connectivity index (χ1v) is 49.1. The second-order valence-electron chi connectivity index (χ2n) is 32.7. The molecule has 818 valence electrons. The number of carboxylic acid groups (broad SMARTS) is 3. The van der Waals surface area contributed by atoms with Gasteiger partial charge in [-0.15, -0.1) is 6.58 Å². The molecule has 0 spiro atoms. The number of carboxylic acids is 3. The minimum absolute atomic E-state index is 0. The number of unbranched alkanes of at least 4 members (excludes halogenated alkanes) is 12. The number of allylic oxidation sites excluding steroid dienone is 1. The molecule has 6 amide bonds. The van der Waals surface area contributed by atoms with Crippen molar-refractivity contribution in [2.24, 2.45) is 33.5 Å². The Morgan fingerprint density at radius 2 is 0.637 bits per heavy atom. The molecule has 0 fully saturated rings. The lowest BCUT2D eigenvalue weighted by molar-refractivity contribution is -0.143. The maximum absolute atomic E-state index is 11.8. The second kappa shape index (κ2) is 104. The van der Waals surface area contributed by atoms with Crippen LogP contribution in [0.5, 0.6) is 23.0 Å². The molecule has 0 aliphatic rings. The van der Waals surface area contributed by atoms with Crippen molar-refractivity contribution in [3.05, 3.63) is 206 Å². The van der Waals surface area contributed by atoms with Crippen LogP contribution in [0.15, 0.2) is 194 Å². The SMILES string of the molecule is C=C(C)C(=O)Cl.C=C(C)C(=O)NCCCCCN=C=O.C=CCO.C=CCOC(=O)CCc1ccc(O)cc1.C=CCOC(=O)CCc1ccc(O)cc1.C=CCOC(=O)CCc1ccc(OC(=O)NCCCCCNC(=O)C(=C)C)cc1.CC(C)C(=O)NCCCCCC(=O)Cl.CC(C)C(=O)NCCCCCC(=O)O.CC(C)C(=O)NCCCCCN=C=O.NCCCCCC(=O)O.O=C(O)CCc1ccc(O)cc1.[2HH]. The number of phenols is 3. The monoisotopic (exact) mass is 2090 g/mol. The average Bonchev–Trinajstić information content (AvgIpc) is 0.896. The highest BCUT2D eigenvalue weighted by Gasteiger charge is 2.12. The fourth-order valence-corrected chi connectivity index (χ4v) is 10.0. The number of nitrogens with zero attached hydrogens (tertiary/aromatic N) is 2. The third-order valence-corrected chi connectivity index (χ3v) is 18.7. The minimum atomic E-state index is -0.803. The molecule has 0 aromatic heterocycles. The molecule has 0 radical (unpaired) electrons. The number of hydrogen-bond acceptors (Lipinski definition) is 27. The first-order valence-electron chi connectivity index (χ1n) is 48.4. The van der Waals surface area contributed by atoms with E-state index in [1.807, 2.05) is 53.7 Å². The lowest BCUT2D eigenvalue weighted by atomic mass is 10.1. The topological polar surface area (TPSA) is 575 Å². The molecule has 15 N–H and O–H groups in total. The van der Waals surface area contributed by atoms with Gasteiger partial charge in [0.25, 0.3) is 0 Å². The van der Waals surface area contributed by atoms with Crippen LogP contribution >= 0.6 is 23.2 Å². The molecule has 4 aromatic carbocycles. The minimum Gasteiger partial charge on any atom is -0.508 e. The Hall–Kier alpha value is -13.5. The van der Waals surface area contributed by atoms with E-state index in [2.05, 4.69) is 87.9 Å². The summed E-state index contributed by atoms with van der Waals surface area (Å²) in [6.07, 6.45) is 28.5. The number of aromatic hydroxyl groups is 3. The van der Waals surface area contributed by atoms with Crippen molar-refractivity contribution in [3.63, 3.8) is 0 Å². The number of esters is 3. The molecule has 38 heteroatoms. The molecule has 0 aliphatic heterocycles. The highest BCUT2D eigenvalue weighted by Crippen LogP contribution is 2.17. The fraction of sp³-hybridized carbons (Fsp3) is 0.500. The molecular weight excluding hydrogens is 1930 g/mol. The third-order valence-electron chi connectivity index (χ3n) is 18.1. The molecule has 0 saturated carbocycles. The predicted molar refractivity (Wildman–Crippen MR) is 572 cm³/mol. The van der Waals surface area contributed by atoms with E-state index in [9.17, 15) is 76.7 Å². The summed E-state index contributed by atoms with van der Waals surface area (Å²) in [7, 11) is 0. The number of hydrogen-bond donors (Lipinski definition) is 14. The Morgan fingerprint density at radius 3 is 0.890 bits per heavy atom. The molecule has 4 rings (SSSR count). The lowest BCUT2D eigenvalue weighted by Gasteiger charge is -2.08. The number of phenolic OH excluding ortho intramolecular Hbond substituents is 3. The van der Waals surface area contributed by atoms with Crippen LogP contribution in [0.25, 0.3) is 0 Å². The number of rotatable bonds is 61. The van der Waals surface area contributed by atoms with Gasteiger partial charge in [-0.1, -0.05) is 173 Å². The number of carbonyl (C=O) groups excluding carboxylic acids is 13. The molecule has 0 unspecified atom stereocenters. The van der Waals surface area contributed by atoms with Crippen LogP contribution in [0, 0.1) is 17.8 Å². The first kappa shape index (κ1) is 145. The number of nitrogens with one attached hydrogen (secondary N) is 6. The number of carbonyl (C=O) groups is 14. The molecule has 146 heavy (non-hydrogen) atoms. The smallest absolute Gasteiger partial charge is 0.412 e. The van der Waals surface area contributed by atoms with E-state index in [1.54, 1.807) is 118 Å². The van der Waals surface area contributed by atoms with Crippen LogP contribution in [0.1, 0.15) is 247 Å². The number of benzene rings is 4. The van der Waals surface area contributed by atoms with Crippen molar-refractivity contribution in [2.75, 3.05) is 85.3 Å². The van der Waals surface area contributed by atoms with Gasteiger partial charge in [0.2, 0.25) is 52.2 Å². The van der Waals surface area contributed by atoms with E-state index in [0.29, 0.717) is 133 Å². The fourth-order valence-electron chi connectivity index (χ4n) is 9.91. The summed E-state index contributed by atoms with van der Waals surface area (Å²) >= 11 is 10.0. The highest BCUT2D eigenvalue weighted by molar-refractivity contribution is 6.67. The van der Waals surface area contributed by atoms with Gasteiger partial charge in [-0.2, -0.15) is 0 Å². The summed E-state index contributed by atoms with van der Waals surface area (Å²) in [6, 6.07) is 27.1. The Bertz CT molecular complexity index is 4280. The van der Waals surface area contributed by atoms with Gasteiger partial charge in [-0.05, 0) is 243 Å². The maximum Gasteiger partial charge on any atom is 0.412 e. The predicted octanol–water partition coefficient (Wildman–Crippen LogP) is 17.1. The molecule has 36 nitrogen and oxygen atoms in total. The zero-order valence-corrected chi connectivity index (χ0v) is 88.5. The standard InChI is InChI=1S/C22H30N2O5.2C12H14O3.C10H18ClNO2.C10H18N2O2.C10H16N2O2.C10H19NO3.C9H10O3.C6H13NO2.C4H5ClO.C3H6O.H2/c1-4-16-28-20(25)13-10-18-8-11-19(12-9-18)29-22(27)24-15-7-5-6-14-23-21(26)17(2)3;2*1-2-9-15-12(14)8-5-10-3-6-11(13)7-4-10;1-8(2)10(14)12-7-5-3-4-6-9(11)13;2*1-9(2)10(14)12-7-5-3-4-6-11-8-13;1-8(2)10(14)11-7-5-3-4-6-9(12)13;10-8-4-1-7(2-5-8)3-6-9(11)12;7-5-3-1-2-4-6(8)9;1-3(2)4(5)6;1-2-3-4;/h4,8-9,11-12H,1-2,5-7,10,13-16H2,3H3,(H,23,26)(H,24,27);2*2-4,6-7,13H,1,5,8-9H2;8H,3-7H2,1-2H3,(H,12,14);9H,3-7H2,1-2H3,(H,12,14);1,3-7H2,2H3,(H,12,14);8H,3-7H2,1-2H3,(H,11,14)(H,12,13);1-2,4-5,10H,3,6H2,(H,11,12);1-5,7H2,(H,8,9);1H2,2H3;2,4H,1,3H2;1H/i;;;;;;;;;;;1+1. The first-order chi connectivity index (χ1) is 69.3. The van der Waals surface area contributed by atoms with Gasteiger partial charge >= 0.3 is 41.9 Å². The summed E-state index contributed by atoms with van der Waals surface area (Å²) in [5.41, 5.74) is 10.5. The summed E-state index contributed by atoms with van der Waals surface area (Å²) in [5.74, 6) is -1.81. The number of aliphatic hydroxyl groups is 1. The number of aryl methyl sites for hydroxylation is 4. The highest BCUT2D eigenvalue weighted by atomic mass is 35.5. The van der Waals surface area contributed by atoms with Crippen LogP contribution in [0.2, 0.25) is 0 Å². The Balaban J connectivity index is -0.000000247. The van der Waals surface area contributed by atoms with Gasteiger partial charge < -0.3 is 92.3 Å². The number of ether oxygens (including phenoxy) is 4. The van der Waals surface area contributed by atoms with Crippen molar-refractivity contribution in [1.29, 1.82) is 0 Å². The molecule has 4 aromatic rings. The van der Waals surface area contributed by atoms with E-state index in [0.717, 1.165) is 131 Å². The number of amides is 6. The van der Waals surface area contributed by atoms with Crippen LogP contribution < -0.4 is 42.4 Å². The van der Waals surface area contributed by atoms with Gasteiger partial charge in [-0.3, -0.25) is 62.3 Å². The zero-order valence-electron chi connectivity index (χ0n) is 87.0. The molecule has 0 aliphatic carbocycles. The van der Waals surface area contributed by atoms with Crippen molar-refractivity contribution in [2.45, 2.75) is 249 Å². The van der Waals surface area contributed by atoms with Gasteiger partial charge in [0, 0.05) is 120 Å². The Kier molecular flexibility index (Phi) is 104. The van der Waals surface area contributed by atoms with E-state index in [-0.39, 0.29) is 141 Å². The number of isocyanates is 2. The molecule has 0 saturated heterocycles. The summed E-state index contributed by atoms with van der Waals surface area (Å²) in [6.45, 7) is 46.4. The average molecular weight is 2090 g/mol. The van der Waals surface area contributed by atoms with Gasteiger partial charge in [0.1, 0.15) is 42.8 Å². The van der Waals surface area contributed by atoms with Gasteiger partial charge in [0.05, 0.1) is 19.7 Å². The summed E-state index contributed by atoms with van der Waals surface area (Å²) < 4.78 is 19.8. The van der Waals surface area contributed by atoms with E-state index in [4.69, 9.17) is 83.6 Å². The number of nitrogens with two attached hydrogens (primary N) is 1. The van der Waals surface area contributed by atoms with Crippen molar-refractivity contribution >= 4 is 117 Å². The van der Waals surface area contributed by atoms with E-state index >= 15 is 0 Å². The van der Waals surface area contributed by atoms with Crippen molar-refractivity contribution < 1.29 is 133 Å². The zero-order chi connectivity index (χ0) is 112. The number of aliphatic imine (C=N–C) groups is 2. The molecular formula is C108H165Cl2N9O27. The quantitative estimate of drug-likeness (QED) is 0.00285. The third kappa shape index (κ3) is 112. The van der Waals surface area contributed by atoms with Crippen LogP contribution in [0.3, 0.4) is 0 Å². The number of aliphatic hydroxyl groups excluding tert-OH is 1. The Labute approximate surface area is 874 Å². The van der Waals surface area contributed by atoms with Crippen LogP contribution in [-0.2, 0) is 112 Å². The van der Waals surface area contributed by atoms with E-state index < -0.39 is 29.2 Å². The number of aliphatic carboxylic acids is 3. The summed E-state index contributed by atoms with van der Waals surface area (Å²) in [5, 5.41) is 75.6. The maximum atomic E-state index is 11.8. The van der Waals surface area contributed by atoms with E-state index in [1.165, 1.54) is 24.3 Å². The van der Waals surface area contributed by atoms with Gasteiger partial charge in [-0.25, -0.2) is 24.4 Å².